The lowest BCUT2D eigenvalue weighted by Crippen LogP contribution is -2.51. The van der Waals surface area contributed by atoms with Crippen LogP contribution in [-0.2, 0) is 9.53 Å². The van der Waals surface area contributed by atoms with E-state index in [0.29, 0.717) is 24.8 Å². The number of rotatable bonds is 3. The van der Waals surface area contributed by atoms with Gasteiger partial charge in [-0.25, -0.2) is 0 Å². The van der Waals surface area contributed by atoms with Crippen molar-refractivity contribution in [1.29, 1.82) is 0 Å². The summed E-state index contributed by atoms with van der Waals surface area (Å²) in [6, 6.07) is 3.45. The van der Waals surface area contributed by atoms with Crippen LogP contribution in [0.5, 0.6) is 0 Å². The third kappa shape index (κ3) is 3.39. The van der Waals surface area contributed by atoms with Crippen LogP contribution in [0.1, 0.15) is 56.5 Å². The third-order valence-electron chi connectivity index (χ3n) is 8.03. The first kappa shape index (κ1) is 19.9. The molecule has 0 aromatic carbocycles. The second kappa shape index (κ2) is 7.56. The van der Waals surface area contributed by atoms with E-state index in [2.05, 4.69) is 18.7 Å². The van der Waals surface area contributed by atoms with Crippen LogP contribution in [0.15, 0.2) is 34.0 Å². The van der Waals surface area contributed by atoms with Gasteiger partial charge in [-0.05, 0) is 56.6 Å². The van der Waals surface area contributed by atoms with Gasteiger partial charge in [0.15, 0.2) is 5.76 Å². The van der Waals surface area contributed by atoms with E-state index in [0.717, 1.165) is 32.5 Å². The summed E-state index contributed by atoms with van der Waals surface area (Å²) in [7, 11) is 0. The van der Waals surface area contributed by atoms with Gasteiger partial charge in [-0.3, -0.25) is 14.5 Å². The molecule has 4 atom stereocenters. The summed E-state index contributed by atoms with van der Waals surface area (Å²) in [5, 5.41) is 0. The Morgan fingerprint density at radius 1 is 1.27 bits per heavy atom. The van der Waals surface area contributed by atoms with Crippen LogP contribution in [0.3, 0.4) is 0 Å². The van der Waals surface area contributed by atoms with Gasteiger partial charge in [0, 0.05) is 38.6 Å². The molecule has 6 heteroatoms. The Bertz CT molecular complexity index is 853. The number of carbonyl (C=O) groups excluding carboxylic acids is 2. The highest BCUT2D eigenvalue weighted by atomic mass is 16.6. The molecule has 3 heterocycles. The maximum Gasteiger partial charge on any atom is 0.310 e. The van der Waals surface area contributed by atoms with Gasteiger partial charge in [0.05, 0.1) is 12.2 Å². The van der Waals surface area contributed by atoms with Crippen LogP contribution in [-0.4, -0.2) is 60.5 Å². The summed E-state index contributed by atoms with van der Waals surface area (Å²) in [4.78, 5) is 29.4. The van der Waals surface area contributed by atoms with Crippen molar-refractivity contribution < 1.29 is 18.7 Å². The van der Waals surface area contributed by atoms with Crippen LogP contribution in [0, 0.1) is 17.3 Å². The quantitative estimate of drug-likeness (QED) is 0.562. The van der Waals surface area contributed by atoms with Crippen molar-refractivity contribution in [1.82, 2.24) is 9.80 Å². The summed E-state index contributed by atoms with van der Waals surface area (Å²) in [6.45, 7) is 8.30. The first-order valence-electron chi connectivity index (χ1n) is 11.4. The minimum Gasteiger partial charge on any atom is -0.462 e. The zero-order valence-corrected chi connectivity index (χ0v) is 18.1. The number of amides is 1. The van der Waals surface area contributed by atoms with Gasteiger partial charge in [-0.2, -0.15) is 0 Å². The number of fused-ring (bicyclic) bond motifs is 2. The van der Waals surface area contributed by atoms with Crippen LogP contribution < -0.4 is 0 Å². The number of furan rings is 1. The lowest BCUT2D eigenvalue weighted by molar-refractivity contribution is -0.145. The van der Waals surface area contributed by atoms with Gasteiger partial charge in [-0.1, -0.05) is 18.1 Å². The number of hydrogen-bond acceptors (Lipinski definition) is 5. The molecule has 162 valence electrons. The number of piperazine rings is 1. The van der Waals surface area contributed by atoms with Gasteiger partial charge < -0.3 is 14.1 Å². The normalized spacial score (nSPS) is 34.5. The largest absolute Gasteiger partial charge is 0.462 e. The molecular weight excluding hydrogens is 380 g/mol. The van der Waals surface area contributed by atoms with Crippen molar-refractivity contribution in [2.75, 3.05) is 32.7 Å². The van der Waals surface area contributed by atoms with Gasteiger partial charge in [-0.15, -0.1) is 0 Å². The van der Waals surface area contributed by atoms with E-state index in [1.807, 2.05) is 4.90 Å². The van der Waals surface area contributed by atoms with Crippen LogP contribution in [0.25, 0.3) is 0 Å². The first-order chi connectivity index (χ1) is 14.4. The summed E-state index contributed by atoms with van der Waals surface area (Å²) in [5.41, 5.74) is 3.37. The maximum absolute atomic E-state index is 12.8. The van der Waals surface area contributed by atoms with Gasteiger partial charge in [0.1, 0.15) is 6.10 Å². The highest BCUT2D eigenvalue weighted by Gasteiger charge is 2.53. The van der Waals surface area contributed by atoms with E-state index in [-0.39, 0.29) is 29.3 Å². The van der Waals surface area contributed by atoms with E-state index in [1.165, 1.54) is 25.5 Å². The summed E-state index contributed by atoms with van der Waals surface area (Å²) < 4.78 is 11.2. The van der Waals surface area contributed by atoms with Crippen molar-refractivity contribution in [3.05, 3.63) is 35.3 Å². The minimum absolute atomic E-state index is 0.0143. The highest BCUT2D eigenvalue weighted by molar-refractivity contribution is 5.91. The minimum atomic E-state index is -0.0498. The predicted octanol–water partition coefficient (Wildman–Crippen LogP) is 3.50. The second-order valence-corrected chi connectivity index (χ2v) is 9.90. The molecule has 3 fully saturated rings. The average molecular weight is 413 g/mol. The van der Waals surface area contributed by atoms with E-state index in [9.17, 15) is 9.59 Å². The molecule has 1 amide bonds. The fourth-order valence-corrected chi connectivity index (χ4v) is 6.29. The Kier molecular flexibility index (Phi) is 5.00. The van der Waals surface area contributed by atoms with Crippen LogP contribution in [0.4, 0.5) is 0 Å². The lowest BCUT2D eigenvalue weighted by atomic mass is 9.59. The molecule has 0 N–H and O–H groups in total. The Morgan fingerprint density at radius 3 is 2.80 bits per heavy atom. The Morgan fingerprint density at radius 2 is 2.07 bits per heavy atom. The number of allylic oxidation sites excluding steroid dienone is 2. The topological polar surface area (TPSA) is 63.0 Å². The SMILES string of the molecule is CC1=C2C[C@H]3[C@H](C[C@]2(C)CCC1)OC(=O)[C@@H]3CN1CCN(C(=O)c2ccco2)CC1. The molecule has 5 rings (SSSR count). The molecule has 30 heavy (non-hydrogen) atoms. The maximum atomic E-state index is 12.8. The molecule has 0 radical (unpaired) electrons. The zero-order chi connectivity index (χ0) is 20.9. The first-order valence-corrected chi connectivity index (χ1v) is 11.4. The molecule has 1 saturated carbocycles. The fourth-order valence-electron chi connectivity index (χ4n) is 6.29. The van der Waals surface area contributed by atoms with E-state index >= 15 is 0 Å². The van der Waals surface area contributed by atoms with Crippen LogP contribution in [0.2, 0.25) is 0 Å². The number of ether oxygens (including phenoxy) is 1. The van der Waals surface area contributed by atoms with Crippen molar-refractivity contribution >= 4 is 11.9 Å². The summed E-state index contributed by atoms with van der Waals surface area (Å²) in [5.74, 6) is 0.586. The van der Waals surface area contributed by atoms with E-state index in [1.54, 1.807) is 23.3 Å². The molecule has 2 saturated heterocycles. The number of carbonyl (C=O) groups is 2. The van der Waals surface area contributed by atoms with Crippen LogP contribution >= 0.6 is 0 Å². The van der Waals surface area contributed by atoms with Gasteiger partial charge in [0.25, 0.3) is 5.91 Å². The van der Waals surface area contributed by atoms with Crippen molar-refractivity contribution in [2.45, 2.75) is 52.1 Å². The lowest BCUT2D eigenvalue weighted by Gasteiger charge is -2.46. The zero-order valence-electron chi connectivity index (χ0n) is 18.1. The standard InChI is InChI=1S/C24H32N2O4/c1-16-5-3-7-24(2)14-21-17(13-19(16)24)18(23(28)30-21)15-25-8-10-26(11-9-25)22(27)20-6-4-12-29-20/h4,6,12,17-18,21H,3,5,7-11,13-15H2,1-2H3/t17-,18-,21+,24+/m1/s1. The predicted molar refractivity (Wildman–Crippen MR) is 112 cm³/mol. The molecule has 0 spiro atoms. The molecule has 0 bridgehead atoms. The van der Waals surface area contributed by atoms with Crippen molar-refractivity contribution in [2.24, 2.45) is 17.3 Å². The van der Waals surface area contributed by atoms with Crippen molar-refractivity contribution in [3.8, 4) is 0 Å². The van der Waals surface area contributed by atoms with Crippen molar-refractivity contribution in [3.63, 3.8) is 0 Å². The Labute approximate surface area is 178 Å². The van der Waals surface area contributed by atoms with E-state index < -0.39 is 0 Å². The Hall–Kier alpha value is -2.08. The fraction of sp³-hybridized carbons (Fsp3) is 0.667. The molecule has 1 aromatic rings. The third-order valence-corrected chi connectivity index (χ3v) is 8.03. The molecule has 2 aliphatic heterocycles. The molecule has 0 unspecified atom stereocenters. The number of esters is 1. The second-order valence-electron chi connectivity index (χ2n) is 9.90. The summed E-state index contributed by atoms with van der Waals surface area (Å²) >= 11 is 0. The highest BCUT2D eigenvalue weighted by Crippen LogP contribution is 2.55. The smallest absolute Gasteiger partial charge is 0.310 e. The monoisotopic (exact) mass is 412 g/mol. The average Bonchev–Trinajstić information content (AvgIpc) is 3.35. The van der Waals surface area contributed by atoms with Gasteiger partial charge in [0.2, 0.25) is 0 Å². The summed E-state index contributed by atoms with van der Waals surface area (Å²) in [6.07, 6.45) is 7.28. The number of hydrogen-bond donors (Lipinski definition) is 0. The van der Waals surface area contributed by atoms with Gasteiger partial charge >= 0.3 is 5.97 Å². The van der Waals surface area contributed by atoms with E-state index in [4.69, 9.17) is 9.15 Å². The molecule has 4 aliphatic rings. The number of nitrogens with zero attached hydrogens (tertiary/aromatic N) is 2. The molecule has 2 aliphatic carbocycles. The molecule has 1 aromatic heterocycles. The molecular formula is C24H32N2O4. The Balaban J connectivity index is 1.23. The molecule has 6 nitrogen and oxygen atoms in total.